The van der Waals surface area contributed by atoms with Crippen LogP contribution in [-0.2, 0) is 0 Å². The van der Waals surface area contributed by atoms with Crippen LogP contribution >= 0.6 is 11.3 Å². The highest BCUT2D eigenvalue weighted by Gasteiger charge is 2.22. The van der Waals surface area contributed by atoms with Gasteiger partial charge in [-0.25, -0.2) is 15.0 Å². The third-order valence-corrected chi connectivity index (χ3v) is 9.45. The molecular formula is C39H31N5S. The lowest BCUT2D eigenvalue weighted by atomic mass is 10.0. The van der Waals surface area contributed by atoms with Crippen LogP contribution in [0.15, 0.2) is 149 Å². The maximum absolute atomic E-state index is 5.21. The first-order valence-corrected chi connectivity index (χ1v) is 16.1. The van der Waals surface area contributed by atoms with Gasteiger partial charge in [-0.1, -0.05) is 85.5 Å². The molecule has 1 aliphatic carbocycles. The van der Waals surface area contributed by atoms with Gasteiger partial charge in [-0.05, 0) is 67.8 Å². The van der Waals surface area contributed by atoms with Gasteiger partial charge < -0.3 is 9.88 Å². The Bertz CT molecular complexity index is 2320. The number of fused-ring (bicyclic) bond motifs is 6. The third-order valence-electron chi connectivity index (χ3n) is 8.37. The molecule has 0 spiro atoms. The molecule has 0 saturated heterocycles. The highest BCUT2D eigenvalue weighted by atomic mass is 32.1. The Labute approximate surface area is 265 Å². The van der Waals surface area contributed by atoms with Gasteiger partial charge >= 0.3 is 0 Å². The molecule has 3 aromatic heterocycles. The van der Waals surface area contributed by atoms with Crippen molar-refractivity contribution in [2.24, 2.45) is 9.98 Å². The monoisotopic (exact) mass is 601 g/mol. The van der Waals surface area contributed by atoms with E-state index in [0.29, 0.717) is 0 Å². The second kappa shape index (κ2) is 11.3. The topological polar surface area (TPSA) is 54.6 Å². The van der Waals surface area contributed by atoms with E-state index in [4.69, 9.17) is 15.0 Å². The minimum Gasteiger partial charge on any atom is -0.324 e. The van der Waals surface area contributed by atoms with E-state index in [1.165, 1.54) is 15.5 Å². The number of hydrogen-bond acceptors (Lipinski definition) is 5. The summed E-state index contributed by atoms with van der Waals surface area (Å²) in [5.74, 6) is 1.58. The van der Waals surface area contributed by atoms with Crippen LogP contribution in [0.3, 0.4) is 0 Å². The van der Waals surface area contributed by atoms with Gasteiger partial charge in [0.05, 0.1) is 16.6 Å². The van der Waals surface area contributed by atoms with Crippen LogP contribution in [0.4, 0.5) is 0 Å². The van der Waals surface area contributed by atoms with Crippen molar-refractivity contribution in [2.45, 2.75) is 25.9 Å². The smallest absolute Gasteiger partial charge is 0.169 e. The Balaban J connectivity index is 1.24. The van der Waals surface area contributed by atoms with Crippen LogP contribution in [-0.4, -0.2) is 27.4 Å². The quantitative estimate of drug-likeness (QED) is 0.193. The van der Waals surface area contributed by atoms with Gasteiger partial charge in [0.1, 0.15) is 16.5 Å². The van der Waals surface area contributed by atoms with E-state index in [0.717, 1.165) is 73.7 Å². The number of amidine groups is 2. The predicted octanol–water partition coefficient (Wildman–Crippen LogP) is 9.59. The van der Waals surface area contributed by atoms with Crippen molar-refractivity contribution in [1.82, 2.24) is 14.9 Å². The standard InChI is InChI=1S/C39H31N5S/c1-3-12-25(13-4-2)36-41-37(26-14-6-5-7-15-26)43-38(42-36)27-20-22-28(23-21-27)44-32-18-10-8-17-30(32)35-33(44)24-31-29-16-9-11-19-34(29)45-39(31)40-35/h3-4,6,8-24,37H,1,5,7H2,2H3,(H,41,42,43)/b13-4-,25-12+. The first kappa shape index (κ1) is 27.2. The van der Waals surface area contributed by atoms with Crippen molar-refractivity contribution in [3.8, 4) is 5.69 Å². The summed E-state index contributed by atoms with van der Waals surface area (Å²) < 4.78 is 3.59. The minimum atomic E-state index is -0.308. The molecule has 1 aliphatic heterocycles. The number of allylic oxidation sites excluding steroid dienone is 5. The number of nitrogens with zero attached hydrogens (tertiary/aromatic N) is 4. The maximum atomic E-state index is 5.21. The molecule has 6 aromatic rings. The number of nitrogens with one attached hydrogen (secondary N) is 1. The molecule has 45 heavy (non-hydrogen) atoms. The average molecular weight is 602 g/mol. The summed E-state index contributed by atoms with van der Waals surface area (Å²) >= 11 is 1.75. The van der Waals surface area contributed by atoms with Gasteiger partial charge in [0.15, 0.2) is 6.17 Å². The van der Waals surface area contributed by atoms with Crippen molar-refractivity contribution in [2.75, 3.05) is 0 Å². The van der Waals surface area contributed by atoms with Gasteiger partial charge in [0.2, 0.25) is 0 Å². The lowest BCUT2D eigenvalue weighted by molar-refractivity contribution is 0.798. The number of rotatable bonds is 6. The Morgan fingerprint density at radius 2 is 1.76 bits per heavy atom. The molecule has 1 N–H and O–H groups in total. The zero-order valence-electron chi connectivity index (χ0n) is 24.9. The number of pyridine rings is 1. The van der Waals surface area contributed by atoms with Gasteiger partial charge in [-0.2, -0.15) is 0 Å². The van der Waals surface area contributed by atoms with Gasteiger partial charge in [-0.15, -0.1) is 11.3 Å². The second-order valence-electron chi connectivity index (χ2n) is 11.2. The zero-order valence-corrected chi connectivity index (χ0v) is 25.8. The van der Waals surface area contributed by atoms with Gasteiger partial charge in [0.25, 0.3) is 0 Å². The number of benzene rings is 3. The third kappa shape index (κ3) is 4.75. The molecule has 1 unspecified atom stereocenters. The zero-order chi connectivity index (χ0) is 30.3. The molecule has 0 amide bonds. The fourth-order valence-electron chi connectivity index (χ4n) is 6.29. The summed E-state index contributed by atoms with van der Waals surface area (Å²) in [5.41, 5.74) is 7.43. The summed E-state index contributed by atoms with van der Waals surface area (Å²) in [7, 11) is 0. The Morgan fingerprint density at radius 1 is 0.933 bits per heavy atom. The summed E-state index contributed by atoms with van der Waals surface area (Å²) in [4.78, 5) is 16.4. The number of hydrogen-bond donors (Lipinski definition) is 1. The van der Waals surface area contributed by atoms with Crippen LogP contribution < -0.4 is 5.32 Å². The molecule has 5 nitrogen and oxygen atoms in total. The first-order valence-electron chi connectivity index (χ1n) is 15.3. The Hall–Kier alpha value is -5.33. The molecule has 2 aliphatic rings. The first-order chi connectivity index (χ1) is 22.2. The van der Waals surface area contributed by atoms with E-state index >= 15 is 0 Å². The average Bonchev–Trinajstić information content (AvgIpc) is 3.62. The normalized spacial score (nSPS) is 17.2. The molecule has 6 heteroatoms. The van der Waals surface area contributed by atoms with Crippen molar-refractivity contribution >= 4 is 65.2 Å². The summed E-state index contributed by atoms with van der Waals surface area (Å²) in [6, 6.07) is 28.0. The van der Waals surface area contributed by atoms with E-state index < -0.39 is 0 Å². The van der Waals surface area contributed by atoms with E-state index in [1.807, 2.05) is 25.2 Å². The van der Waals surface area contributed by atoms with E-state index in [9.17, 15) is 0 Å². The number of para-hydroxylation sites is 1. The summed E-state index contributed by atoms with van der Waals surface area (Å²) in [5, 5.41) is 7.11. The molecule has 0 saturated carbocycles. The maximum Gasteiger partial charge on any atom is 0.169 e. The molecule has 4 heterocycles. The van der Waals surface area contributed by atoms with Crippen molar-refractivity contribution in [1.29, 1.82) is 0 Å². The van der Waals surface area contributed by atoms with Crippen LogP contribution in [0, 0.1) is 0 Å². The minimum absolute atomic E-state index is 0.308. The van der Waals surface area contributed by atoms with E-state index in [-0.39, 0.29) is 6.17 Å². The van der Waals surface area contributed by atoms with Gasteiger partial charge in [-0.3, -0.25) is 0 Å². The number of aromatic nitrogens is 2. The highest BCUT2D eigenvalue weighted by molar-refractivity contribution is 7.25. The molecule has 218 valence electrons. The lowest BCUT2D eigenvalue weighted by Gasteiger charge is -2.24. The van der Waals surface area contributed by atoms with Crippen molar-refractivity contribution in [3.63, 3.8) is 0 Å². The van der Waals surface area contributed by atoms with Crippen molar-refractivity contribution < 1.29 is 0 Å². The molecule has 3 aromatic carbocycles. The SMILES string of the molecule is C=C/C=C(\C=C/C)C1=NC(C2=CCCC=C2)N=C(c2ccc(-n3c4ccccc4c4nc5sc6ccccc6c5cc43)cc2)N1. The fraction of sp³-hybridized carbons (Fsp3) is 0.103. The Morgan fingerprint density at radius 3 is 2.56 bits per heavy atom. The predicted molar refractivity (Wildman–Crippen MR) is 192 cm³/mol. The van der Waals surface area contributed by atoms with Crippen molar-refractivity contribution in [3.05, 3.63) is 145 Å². The molecule has 8 rings (SSSR count). The van der Waals surface area contributed by atoms with Gasteiger partial charge in [0, 0.05) is 37.7 Å². The fourth-order valence-corrected chi connectivity index (χ4v) is 7.35. The van der Waals surface area contributed by atoms with Crippen LogP contribution in [0.5, 0.6) is 0 Å². The second-order valence-corrected chi connectivity index (χ2v) is 12.2. The van der Waals surface area contributed by atoms with E-state index in [2.05, 4.69) is 114 Å². The van der Waals surface area contributed by atoms with Crippen LogP contribution in [0.25, 0.3) is 47.9 Å². The summed E-state index contributed by atoms with van der Waals surface area (Å²) in [6.45, 7) is 5.93. The molecule has 0 fully saturated rings. The number of thiophene rings is 1. The number of aliphatic imine (C=N–C) groups is 2. The Kier molecular flexibility index (Phi) is 6.84. The highest BCUT2D eigenvalue weighted by Crippen LogP contribution is 2.38. The van der Waals surface area contributed by atoms with E-state index in [1.54, 1.807) is 17.4 Å². The van der Waals surface area contributed by atoms with Crippen LogP contribution in [0.1, 0.15) is 25.3 Å². The molecular weight excluding hydrogens is 571 g/mol. The van der Waals surface area contributed by atoms with Crippen LogP contribution in [0.2, 0.25) is 0 Å². The summed E-state index contributed by atoms with van der Waals surface area (Å²) in [6.07, 6.45) is 16.2. The lowest BCUT2D eigenvalue weighted by Crippen LogP contribution is -2.38. The molecule has 0 bridgehead atoms. The molecule has 0 radical (unpaired) electrons. The molecule has 1 atom stereocenters. The largest absolute Gasteiger partial charge is 0.324 e.